The fourth-order valence-corrected chi connectivity index (χ4v) is 3.00. The summed E-state index contributed by atoms with van der Waals surface area (Å²) < 4.78 is 45.4. The van der Waals surface area contributed by atoms with Crippen LogP contribution in [0.2, 0.25) is 0 Å². The van der Waals surface area contributed by atoms with Crippen molar-refractivity contribution < 1.29 is 17.5 Å². The van der Waals surface area contributed by atoms with Gasteiger partial charge in [0.2, 0.25) is 10.0 Å². The molecule has 0 heterocycles. The van der Waals surface area contributed by atoms with Gasteiger partial charge in [0.25, 0.3) is 0 Å². The zero-order chi connectivity index (χ0) is 15.2. The monoisotopic (exact) mass is 304 g/mol. The summed E-state index contributed by atoms with van der Waals surface area (Å²) in [6.07, 6.45) is 0.583. The van der Waals surface area contributed by atoms with Gasteiger partial charge in [0.05, 0.1) is 4.90 Å². The molecule has 7 heteroatoms. The van der Waals surface area contributed by atoms with E-state index >= 15 is 0 Å². The Balaban J connectivity index is 2.94. The normalized spacial score (nSPS) is 11.8. The average molecular weight is 304 g/mol. The third kappa shape index (κ3) is 4.52. The van der Waals surface area contributed by atoms with E-state index in [0.29, 0.717) is 24.2 Å². The van der Waals surface area contributed by atoms with Crippen LogP contribution < -0.4 is 10.0 Å². The highest BCUT2D eigenvalue weighted by Crippen LogP contribution is 2.19. The van der Waals surface area contributed by atoms with E-state index in [-0.39, 0.29) is 23.8 Å². The number of halogens is 1. The van der Waals surface area contributed by atoms with Crippen LogP contribution >= 0.6 is 0 Å². The lowest BCUT2D eigenvalue weighted by Gasteiger charge is -2.11. The molecule has 0 amide bonds. The minimum atomic E-state index is -3.62. The van der Waals surface area contributed by atoms with E-state index in [1.54, 1.807) is 21.1 Å². The molecular formula is C13H21FN2O3S. The average Bonchev–Trinajstić information content (AvgIpc) is 2.40. The minimum absolute atomic E-state index is 0.0825. The lowest BCUT2D eigenvalue weighted by Crippen LogP contribution is -2.26. The van der Waals surface area contributed by atoms with Crippen LogP contribution in [-0.2, 0) is 21.3 Å². The Morgan fingerprint density at radius 1 is 1.35 bits per heavy atom. The van der Waals surface area contributed by atoms with Crippen molar-refractivity contribution in [3.05, 3.63) is 29.1 Å². The number of benzene rings is 1. The van der Waals surface area contributed by atoms with Crippen LogP contribution in [0.5, 0.6) is 0 Å². The molecule has 2 N–H and O–H groups in total. The highest BCUT2D eigenvalue weighted by molar-refractivity contribution is 7.89. The van der Waals surface area contributed by atoms with Crippen molar-refractivity contribution in [1.29, 1.82) is 0 Å². The maximum absolute atomic E-state index is 13.8. The second-order valence-electron chi connectivity index (χ2n) is 4.49. The molecule has 0 fully saturated rings. The quantitative estimate of drug-likeness (QED) is 0.708. The van der Waals surface area contributed by atoms with Crippen molar-refractivity contribution in [1.82, 2.24) is 10.0 Å². The van der Waals surface area contributed by atoms with Crippen molar-refractivity contribution in [3.63, 3.8) is 0 Å². The van der Waals surface area contributed by atoms with E-state index in [1.807, 2.05) is 0 Å². The second kappa shape index (κ2) is 7.68. The SMILES string of the molecule is CNCc1cc(S(=O)(=O)NCCCOC)cc(C)c1F. The predicted molar refractivity (Wildman–Crippen MR) is 75.6 cm³/mol. The van der Waals surface area contributed by atoms with Crippen LogP contribution in [-0.4, -0.2) is 35.7 Å². The Labute approximate surface area is 119 Å². The minimum Gasteiger partial charge on any atom is -0.385 e. The van der Waals surface area contributed by atoms with Crippen molar-refractivity contribution in [3.8, 4) is 0 Å². The summed E-state index contributed by atoms with van der Waals surface area (Å²) in [6.45, 7) is 2.60. The standard InChI is InChI=1S/C13H21FN2O3S/c1-10-7-12(8-11(9-15-2)13(10)14)20(17,18)16-5-4-6-19-3/h7-8,15-16H,4-6,9H2,1-3H3. The van der Waals surface area contributed by atoms with E-state index < -0.39 is 10.0 Å². The Morgan fingerprint density at radius 3 is 2.65 bits per heavy atom. The van der Waals surface area contributed by atoms with Crippen molar-refractivity contribution in [2.24, 2.45) is 0 Å². The first kappa shape index (κ1) is 17.0. The maximum atomic E-state index is 13.8. The van der Waals surface area contributed by atoms with Crippen LogP contribution in [0.25, 0.3) is 0 Å². The second-order valence-corrected chi connectivity index (χ2v) is 6.25. The van der Waals surface area contributed by atoms with Crippen molar-refractivity contribution in [2.45, 2.75) is 24.8 Å². The topological polar surface area (TPSA) is 67.4 Å². The summed E-state index contributed by atoms with van der Waals surface area (Å²) >= 11 is 0. The van der Waals surface area contributed by atoms with Crippen LogP contribution in [0.3, 0.4) is 0 Å². The maximum Gasteiger partial charge on any atom is 0.240 e. The molecule has 0 radical (unpaired) electrons. The molecule has 0 bridgehead atoms. The molecule has 114 valence electrons. The Morgan fingerprint density at radius 2 is 2.05 bits per heavy atom. The summed E-state index contributed by atoms with van der Waals surface area (Å²) in [5.74, 6) is -0.377. The molecule has 0 aliphatic rings. The first-order valence-electron chi connectivity index (χ1n) is 6.34. The van der Waals surface area contributed by atoms with E-state index in [1.165, 1.54) is 12.1 Å². The molecule has 0 aliphatic heterocycles. The number of aryl methyl sites for hydroxylation is 1. The number of nitrogens with one attached hydrogen (secondary N) is 2. The molecule has 0 unspecified atom stereocenters. The zero-order valence-electron chi connectivity index (χ0n) is 12.0. The van der Waals surface area contributed by atoms with Crippen LogP contribution in [0.15, 0.2) is 17.0 Å². The van der Waals surface area contributed by atoms with Gasteiger partial charge in [0.15, 0.2) is 0 Å². The van der Waals surface area contributed by atoms with Gasteiger partial charge in [-0.05, 0) is 38.1 Å². The van der Waals surface area contributed by atoms with Gasteiger partial charge in [-0.2, -0.15) is 0 Å². The number of methoxy groups -OCH3 is 1. The summed E-state index contributed by atoms with van der Waals surface area (Å²) in [7, 11) is -0.384. The van der Waals surface area contributed by atoms with Gasteiger partial charge < -0.3 is 10.1 Å². The molecule has 1 aromatic rings. The van der Waals surface area contributed by atoms with Gasteiger partial charge in [-0.3, -0.25) is 0 Å². The number of ether oxygens (including phenoxy) is 1. The van der Waals surface area contributed by atoms with E-state index in [4.69, 9.17) is 4.74 Å². The molecule has 0 saturated carbocycles. The fraction of sp³-hybridized carbons (Fsp3) is 0.538. The number of rotatable bonds is 8. The van der Waals surface area contributed by atoms with Crippen LogP contribution in [0.4, 0.5) is 4.39 Å². The highest BCUT2D eigenvalue weighted by atomic mass is 32.2. The molecule has 0 atom stereocenters. The summed E-state index contributed by atoms with van der Waals surface area (Å²) in [4.78, 5) is 0.0825. The summed E-state index contributed by atoms with van der Waals surface area (Å²) in [5.41, 5.74) is 0.653. The largest absolute Gasteiger partial charge is 0.385 e. The Kier molecular flexibility index (Phi) is 6.54. The smallest absolute Gasteiger partial charge is 0.240 e. The first-order chi connectivity index (χ1) is 9.42. The van der Waals surface area contributed by atoms with Gasteiger partial charge in [0, 0.05) is 32.4 Å². The molecule has 1 aromatic carbocycles. The van der Waals surface area contributed by atoms with Crippen LogP contribution in [0, 0.1) is 12.7 Å². The van der Waals surface area contributed by atoms with Gasteiger partial charge >= 0.3 is 0 Å². The molecule has 0 spiro atoms. The molecule has 0 saturated heterocycles. The molecule has 5 nitrogen and oxygen atoms in total. The first-order valence-corrected chi connectivity index (χ1v) is 7.83. The lowest BCUT2D eigenvalue weighted by molar-refractivity contribution is 0.196. The lowest BCUT2D eigenvalue weighted by atomic mass is 10.1. The highest BCUT2D eigenvalue weighted by Gasteiger charge is 2.17. The van der Waals surface area contributed by atoms with Crippen LogP contribution in [0.1, 0.15) is 17.5 Å². The molecule has 0 aromatic heterocycles. The number of hydrogen-bond donors (Lipinski definition) is 2. The predicted octanol–water partition coefficient (Wildman–Crippen LogP) is 1.17. The third-order valence-electron chi connectivity index (χ3n) is 2.80. The van der Waals surface area contributed by atoms with E-state index in [9.17, 15) is 12.8 Å². The van der Waals surface area contributed by atoms with E-state index in [0.717, 1.165) is 0 Å². The number of sulfonamides is 1. The molecule has 0 aliphatic carbocycles. The Hall–Kier alpha value is -1.02. The zero-order valence-corrected chi connectivity index (χ0v) is 12.8. The van der Waals surface area contributed by atoms with Gasteiger partial charge in [0.1, 0.15) is 5.82 Å². The van der Waals surface area contributed by atoms with Gasteiger partial charge in [-0.25, -0.2) is 17.5 Å². The molecular weight excluding hydrogens is 283 g/mol. The Bertz CT molecular complexity index is 547. The van der Waals surface area contributed by atoms with Crippen molar-refractivity contribution >= 4 is 10.0 Å². The molecule has 1 rings (SSSR count). The molecule has 20 heavy (non-hydrogen) atoms. The summed E-state index contributed by atoms with van der Waals surface area (Å²) in [5, 5.41) is 2.82. The number of hydrogen-bond acceptors (Lipinski definition) is 4. The summed E-state index contributed by atoms with van der Waals surface area (Å²) in [6, 6.07) is 2.70. The third-order valence-corrected chi connectivity index (χ3v) is 4.24. The van der Waals surface area contributed by atoms with Gasteiger partial charge in [-0.1, -0.05) is 0 Å². The van der Waals surface area contributed by atoms with Gasteiger partial charge in [-0.15, -0.1) is 0 Å². The van der Waals surface area contributed by atoms with Crippen molar-refractivity contribution in [2.75, 3.05) is 27.3 Å². The fourth-order valence-electron chi connectivity index (χ4n) is 1.79. The van der Waals surface area contributed by atoms with E-state index in [2.05, 4.69) is 10.0 Å².